The Labute approximate surface area is 75.9 Å². The predicted octanol–water partition coefficient (Wildman–Crippen LogP) is -0.875. The van der Waals surface area contributed by atoms with Crippen LogP contribution in [0.3, 0.4) is 0 Å². The van der Waals surface area contributed by atoms with Crippen molar-refractivity contribution in [2.75, 3.05) is 6.61 Å². The second-order valence-electron chi connectivity index (χ2n) is 2.58. The average molecular weight is 185 g/mol. The molecule has 6 nitrogen and oxygen atoms in total. The maximum Gasteiger partial charge on any atom is 0.306 e. The first-order valence-electron chi connectivity index (χ1n) is 4.16. The highest BCUT2D eigenvalue weighted by Crippen LogP contribution is 1.93. The van der Waals surface area contributed by atoms with Crippen molar-refractivity contribution in [1.29, 1.82) is 0 Å². The predicted molar refractivity (Wildman–Crippen MR) is 42.5 cm³/mol. The lowest BCUT2D eigenvalue weighted by molar-refractivity contribution is -0.784. The lowest BCUT2D eigenvalue weighted by atomic mass is 10.3. The molecule has 13 heavy (non-hydrogen) atoms. The molecule has 0 radical (unpaired) electrons. The lowest BCUT2D eigenvalue weighted by Crippen LogP contribution is -2.33. The van der Waals surface area contributed by atoms with Gasteiger partial charge in [0.25, 0.3) is 5.82 Å². The number of nitrogens with one attached hydrogen (secondary N) is 1. The summed E-state index contributed by atoms with van der Waals surface area (Å²) in [5.74, 6) is 0.483. The number of ether oxygens (including phenoxy) is 1. The van der Waals surface area contributed by atoms with Crippen molar-refractivity contribution >= 4 is 5.97 Å². The lowest BCUT2D eigenvalue weighted by Gasteiger charge is -1.96. The third kappa shape index (κ3) is 3.18. The van der Waals surface area contributed by atoms with Crippen LogP contribution in [0, 0.1) is 0 Å². The zero-order chi connectivity index (χ0) is 9.68. The van der Waals surface area contributed by atoms with E-state index in [0.29, 0.717) is 25.3 Å². The smallest absolute Gasteiger partial charge is 0.306 e. The van der Waals surface area contributed by atoms with Gasteiger partial charge in [0.2, 0.25) is 0 Å². The summed E-state index contributed by atoms with van der Waals surface area (Å²) in [5.41, 5.74) is 0. The zero-order valence-electron chi connectivity index (χ0n) is 7.78. The van der Waals surface area contributed by atoms with Crippen LogP contribution in [0.1, 0.15) is 19.2 Å². The van der Waals surface area contributed by atoms with Crippen molar-refractivity contribution in [3.8, 4) is 0 Å². The molecule has 0 amide bonds. The Kier molecular flexibility index (Phi) is 3.36. The fourth-order valence-electron chi connectivity index (χ4n) is 0.912. The number of carbonyl (C=O) groups excluding carboxylic acids is 1. The summed E-state index contributed by atoms with van der Waals surface area (Å²) in [5, 5.41) is 10.4. The number of aryl methyl sites for hydroxylation is 2. The van der Waals surface area contributed by atoms with E-state index >= 15 is 0 Å². The van der Waals surface area contributed by atoms with Crippen molar-refractivity contribution < 1.29 is 14.3 Å². The highest BCUT2D eigenvalue weighted by atomic mass is 16.5. The molecule has 1 aromatic heterocycles. The number of hydrogen-bond acceptors (Lipinski definition) is 4. The van der Waals surface area contributed by atoms with Gasteiger partial charge in [0, 0.05) is 6.42 Å². The number of nitrogens with zero attached hydrogens (tertiary/aromatic N) is 3. The van der Waals surface area contributed by atoms with Gasteiger partial charge >= 0.3 is 5.97 Å². The van der Waals surface area contributed by atoms with E-state index in [1.165, 1.54) is 4.80 Å². The molecule has 6 heteroatoms. The van der Waals surface area contributed by atoms with Gasteiger partial charge in [-0.2, -0.15) is 5.10 Å². The molecular formula is C7H13N4O2+. The second-order valence-corrected chi connectivity index (χ2v) is 2.58. The van der Waals surface area contributed by atoms with E-state index in [0.717, 1.165) is 0 Å². The third-order valence-corrected chi connectivity index (χ3v) is 1.46. The van der Waals surface area contributed by atoms with Crippen molar-refractivity contribution in [1.82, 2.24) is 15.4 Å². The Morgan fingerprint density at radius 1 is 1.69 bits per heavy atom. The minimum atomic E-state index is -0.207. The van der Waals surface area contributed by atoms with E-state index in [4.69, 9.17) is 4.74 Å². The molecule has 1 heterocycles. The molecule has 0 aromatic carbocycles. The Bertz CT molecular complexity index is 284. The molecule has 72 valence electrons. The largest absolute Gasteiger partial charge is 0.466 e. The molecular weight excluding hydrogens is 172 g/mol. The summed E-state index contributed by atoms with van der Waals surface area (Å²) in [6, 6.07) is 0. The summed E-state index contributed by atoms with van der Waals surface area (Å²) in [7, 11) is 1.74. The minimum Gasteiger partial charge on any atom is -0.466 e. The second kappa shape index (κ2) is 4.54. The van der Waals surface area contributed by atoms with E-state index in [2.05, 4.69) is 15.4 Å². The molecule has 0 fully saturated rings. The third-order valence-electron chi connectivity index (χ3n) is 1.46. The first-order chi connectivity index (χ1) is 6.22. The molecule has 0 aliphatic carbocycles. The number of carbonyl (C=O) groups is 1. The molecule has 0 atom stereocenters. The fraction of sp³-hybridized carbons (Fsp3) is 0.714. The van der Waals surface area contributed by atoms with Crippen LogP contribution in [0.15, 0.2) is 0 Å². The van der Waals surface area contributed by atoms with Crippen LogP contribution in [-0.4, -0.2) is 28.0 Å². The molecule has 1 aromatic rings. The summed E-state index contributed by atoms with van der Waals surface area (Å²) < 4.78 is 4.76. The van der Waals surface area contributed by atoms with E-state index in [1.54, 1.807) is 14.0 Å². The van der Waals surface area contributed by atoms with E-state index < -0.39 is 0 Å². The molecule has 0 aliphatic heterocycles. The number of aromatic nitrogens is 4. The molecule has 1 rings (SSSR count). The number of aromatic amines is 1. The molecule has 0 bridgehead atoms. The number of esters is 1. The summed E-state index contributed by atoms with van der Waals surface area (Å²) in [4.78, 5) is 12.4. The first-order valence-corrected chi connectivity index (χ1v) is 4.16. The number of rotatable bonds is 4. The van der Waals surface area contributed by atoms with Crippen LogP contribution in [0.25, 0.3) is 0 Å². The minimum absolute atomic E-state index is 0.207. The van der Waals surface area contributed by atoms with Gasteiger partial charge in [0.05, 0.1) is 18.1 Å². The molecule has 0 unspecified atom stereocenters. The van der Waals surface area contributed by atoms with Gasteiger partial charge in [-0.1, -0.05) is 4.80 Å². The van der Waals surface area contributed by atoms with E-state index in [1.807, 2.05) is 0 Å². The Hall–Kier alpha value is -1.46. The fourth-order valence-corrected chi connectivity index (χ4v) is 0.912. The van der Waals surface area contributed by atoms with Crippen LogP contribution in [0.5, 0.6) is 0 Å². The SMILES string of the molecule is CCOC(=O)CCc1nn[n+](C)[nH]1. The van der Waals surface area contributed by atoms with Gasteiger partial charge in [0.1, 0.15) is 7.05 Å². The molecule has 0 saturated heterocycles. The Balaban J connectivity index is 2.30. The van der Waals surface area contributed by atoms with Crippen LogP contribution >= 0.6 is 0 Å². The molecule has 1 N–H and O–H groups in total. The summed E-state index contributed by atoms with van der Waals surface area (Å²) >= 11 is 0. The topological polar surface area (TPSA) is 71.8 Å². The molecule has 0 spiro atoms. The van der Waals surface area contributed by atoms with Gasteiger partial charge in [0.15, 0.2) is 5.21 Å². The van der Waals surface area contributed by atoms with Gasteiger partial charge < -0.3 is 4.74 Å². The van der Waals surface area contributed by atoms with Crippen LogP contribution in [-0.2, 0) is 23.0 Å². The highest BCUT2D eigenvalue weighted by molar-refractivity contribution is 5.69. The number of hydrogen-bond donors (Lipinski definition) is 1. The van der Waals surface area contributed by atoms with E-state index in [-0.39, 0.29) is 5.97 Å². The van der Waals surface area contributed by atoms with Crippen LogP contribution in [0.2, 0.25) is 0 Å². The normalized spacial score (nSPS) is 10.0. The van der Waals surface area contributed by atoms with Gasteiger partial charge in [-0.3, -0.25) is 4.79 Å². The zero-order valence-corrected chi connectivity index (χ0v) is 7.78. The van der Waals surface area contributed by atoms with Crippen LogP contribution in [0.4, 0.5) is 0 Å². The highest BCUT2D eigenvalue weighted by Gasteiger charge is 2.10. The maximum atomic E-state index is 10.9. The van der Waals surface area contributed by atoms with Gasteiger partial charge in [-0.05, 0) is 6.92 Å². The average Bonchev–Trinajstić information content (AvgIpc) is 2.49. The maximum absolute atomic E-state index is 10.9. The van der Waals surface area contributed by atoms with E-state index in [9.17, 15) is 4.79 Å². The van der Waals surface area contributed by atoms with Gasteiger partial charge in [-0.15, -0.1) is 0 Å². The number of H-pyrrole nitrogens is 1. The van der Waals surface area contributed by atoms with Crippen molar-refractivity contribution in [3.63, 3.8) is 0 Å². The van der Waals surface area contributed by atoms with Gasteiger partial charge in [-0.25, -0.2) is 0 Å². The summed E-state index contributed by atoms with van der Waals surface area (Å²) in [6.45, 7) is 2.20. The Morgan fingerprint density at radius 3 is 3.00 bits per heavy atom. The molecule has 0 aliphatic rings. The number of tetrazole rings is 1. The van der Waals surface area contributed by atoms with Crippen molar-refractivity contribution in [2.45, 2.75) is 19.8 Å². The monoisotopic (exact) mass is 185 g/mol. The van der Waals surface area contributed by atoms with Crippen molar-refractivity contribution in [2.24, 2.45) is 7.05 Å². The quantitative estimate of drug-likeness (QED) is 0.488. The van der Waals surface area contributed by atoms with Crippen molar-refractivity contribution in [3.05, 3.63) is 5.82 Å². The molecule has 0 saturated carbocycles. The Morgan fingerprint density at radius 2 is 2.46 bits per heavy atom. The van der Waals surface area contributed by atoms with Crippen LogP contribution < -0.4 is 4.80 Å². The standard InChI is InChI=1S/C7H12N4O2/c1-3-13-7(12)5-4-6-8-10-11(2)9-6/h3-5H2,1-2H3/p+1. The summed E-state index contributed by atoms with van der Waals surface area (Å²) in [6.07, 6.45) is 0.871. The first kappa shape index (κ1) is 9.63.